The van der Waals surface area contributed by atoms with Crippen molar-refractivity contribution in [3.8, 4) is 22.6 Å². The molecule has 1 aliphatic heterocycles. The van der Waals surface area contributed by atoms with E-state index in [0.29, 0.717) is 41.8 Å². The van der Waals surface area contributed by atoms with Crippen molar-refractivity contribution in [2.45, 2.75) is 19.3 Å². The molecule has 1 aliphatic rings. The number of aromatic amines is 1. The third-order valence-corrected chi connectivity index (χ3v) is 6.77. The van der Waals surface area contributed by atoms with Crippen LogP contribution >= 0.6 is 11.3 Å². The number of carbonyl (C=O) groups excluding carboxylic acids is 1. The van der Waals surface area contributed by atoms with E-state index < -0.39 is 12.2 Å². The summed E-state index contributed by atoms with van der Waals surface area (Å²) in [6, 6.07) is 11.9. The fourth-order valence-electron chi connectivity index (χ4n) is 3.98. The average molecular weight is 539 g/mol. The molecular weight excluding hydrogens is 511 g/mol. The number of benzene rings is 1. The van der Waals surface area contributed by atoms with Crippen LogP contribution < -0.4 is 10.6 Å². The monoisotopic (exact) mass is 538 g/mol. The Hall–Kier alpha value is -3.71. The van der Waals surface area contributed by atoms with Gasteiger partial charge in [-0.2, -0.15) is 0 Å². The van der Waals surface area contributed by atoms with Crippen molar-refractivity contribution in [2.75, 3.05) is 31.7 Å². The predicted octanol–water partition coefficient (Wildman–Crippen LogP) is 2.99. The summed E-state index contributed by atoms with van der Waals surface area (Å²) in [6.45, 7) is 1.07. The molecule has 0 saturated carbocycles. The molecule has 4 heterocycles. The molecule has 0 radical (unpaired) electrons. The fourth-order valence-corrected chi connectivity index (χ4v) is 4.62. The van der Waals surface area contributed by atoms with Crippen LogP contribution in [-0.4, -0.2) is 63.6 Å². The third-order valence-electron chi connectivity index (χ3n) is 5.89. The third kappa shape index (κ3) is 6.40. The number of amides is 1. The van der Waals surface area contributed by atoms with Gasteiger partial charge >= 0.3 is 0 Å². The summed E-state index contributed by atoms with van der Waals surface area (Å²) in [5.74, 6) is 0.0695. The van der Waals surface area contributed by atoms with E-state index in [9.17, 15) is 9.18 Å². The van der Waals surface area contributed by atoms with Gasteiger partial charge in [-0.3, -0.25) is 4.79 Å². The number of imidazole rings is 1. The second kappa shape index (κ2) is 12.2. The largest absolute Gasteiger partial charge is 0.395 e. The lowest BCUT2D eigenvalue weighted by Crippen LogP contribution is -2.43. The quantitative estimate of drug-likeness (QED) is 0.242. The van der Waals surface area contributed by atoms with Gasteiger partial charge in [0.15, 0.2) is 6.29 Å². The maximum absolute atomic E-state index is 13.6. The number of rotatable bonds is 10. The molecule has 1 saturated heterocycles. The molecule has 1 aromatic carbocycles. The van der Waals surface area contributed by atoms with E-state index in [2.05, 4.69) is 25.6 Å². The SMILES string of the molecule is O=C(NCCO)C1COC(Cc2nc(-c3ccc(F)cc3)c(-c3ccnc(NCc4cccs4)n3)[nH]2)OC1. The number of halogens is 1. The van der Waals surface area contributed by atoms with Crippen LogP contribution in [0.5, 0.6) is 0 Å². The van der Waals surface area contributed by atoms with Crippen LogP contribution in [0.25, 0.3) is 22.6 Å². The summed E-state index contributed by atoms with van der Waals surface area (Å²) in [6.07, 6.45) is 1.39. The Morgan fingerprint density at radius 3 is 2.71 bits per heavy atom. The number of aliphatic hydroxyl groups excluding tert-OH is 1. The van der Waals surface area contributed by atoms with Crippen LogP contribution in [0.2, 0.25) is 0 Å². The number of hydrogen-bond acceptors (Lipinski definition) is 9. The van der Waals surface area contributed by atoms with E-state index in [-0.39, 0.29) is 38.1 Å². The fraction of sp³-hybridized carbons (Fsp3) is 0.308. The molecule has 0 unspecified atom stereocenters. The molecule has 1 amide bonds. The second-order valence-electron chi connectivity index (χ2n) is 8.62. The Morgan fingerprint density at radius 1 is 1.16 bits per heavy atom. The van der Waals surface area contributed by atoms with Crippen LogP contribution in [-0.2, 0) is 27.2 Å². The predicted molar refractivity (Wildman–Crippen MR) is 140 cm³/mol. The molecule has 0 aliphatic carbocycles. The van der Waals surface area contributed by atoms with Gasteiger partial charge in [0, 0.05) is 23.2 Å². The van der Waals surface area contributed by atoms with Gasteiger partial charge in [0.25, 0.3) is 0 Å². The minimum Gasteiger partial charge on any atom is -0.395 e. The first-order valence-corrected chi connectivity index (χ1v) is 13.0. The van der Waals surface area contributed by atoms with E-state index in [1.54, 1.807) is 35.7 Å². The minimum absolute atomic E-state index is 0.126. The lowest BCUT2D eigenvalue weighted by molar-refractivity contribution is -0.200. The topological polar surface area (TPSA) is 134 Å². The van der Waals surface area contributed by atoms with Gasteiger partial charge in [0.05, 0.1) is 55.8 Å². The lowest BCUT2D eigenvalue weighted by Gasteiger charge is -2.28. The summed E-state index contributed by atoms with van der Waals surface area (Å²) in [4.78, 5) is 30.4. The first-order chi connectivity index (χ1) is 18.6. The molecule has 3 aromatic heterocycles. The Balaban J connectivity index is 1.34. The normalized spacial score (nSPS) is 17.3. The molecule has 198 valence electrons. The molecule has 12 heteroatoms. The molecule has 5 rings (SSSR count). The summed E-state index contributed by atoms with van der Waals surface area (Å²) in [7, 11) is 0. The van der Waals surface area contributed by atoms with Crippen molar-refractivity contribution in [2.24, 2.45) is 5.92 Å². The lowest BCUT2D eigenvalue weighted by atomic mass is 10.1. The minimum atomic E-state index is -0.592. The number of ether oxygens (including phenoxy) is 2. The first kappa shape index (κ1) is 25.9. The van der Waals surface area contributed by atoms with Gasteiger partial charge in [-0.1, -0.05) is 6.07 Å². The summed E-state index contributed by atoms with van der Waals surface area (Å²) < 4.78 is 25.2. The Morgan fingerprint density at radius 2 is 1.97 bits per heavy atom. The number of H-pyrrole nitrogens is 1. The van der Waals surface area contributed by atoms with E-state index in [1.807, 2.05) is 17.5 Å². The number of thiophene rings is 1. The second-order valence-corrected chi connectivity index (χ2v) is 9.66. The first-order valence-electron chi connectivity index (χ1n) is 12.2. The van der Waals surface area contributed by atoms with Crippen molar-refractivity contribution in [1.29, 1.82) is 0 Å². The molecule has 0 spiro atoms. The summed E-state index contributed by atoms with van der Waals surface area (Å²) >= 11 is 1.65. The highest BCUT2D eigenvalue weighted by Gasteiger charge is 2.28. The molecule has 0 atom stereocenters. The van der Waals surface area contributed by atoms with Crippen LogP contribution in [0.3, 0.4) is 0 Å². The highest BCUT2D eigenvalue weighted by Crippen LogP contribution is 2.30. The van der Waals surface area contributed by atoms with E-state index in [0.717, 1.165) is 10.4 Å². The van der Waals surface area contributed by atoms with Crippen LogP contribution in [0.1, 0.15) is 10.7 Å². The van der Waals surface area contributed by atoms with Crippen molar-refractivity contribution in [1.82, 2.24) is 25.3 Å². The van der Waals surface area contributed by atoms with E-state index >= 15 is 0 Å². The number of nitrogens with one attached hydrogen (secondary N) is 3. The van der Waals surface area contributed by atoms with Gasteiger partial charge in [0.1, 0.15) is 11.6 Å². The zero-order chi connectivity index (χ0) is 26.3. The van der Waals surface area contributed by atoms with Gasteiger partial charge in [-0.15, -0.1) is 11.3 Å². The molecule has 4 N–H and O–H groups in total. The zero-order valence-corrected chi connectivity index (χ0v) is 21.2. The number of hydrogen-bond donors (Lipinski definition) is 4. The summed E-state index contributed by atoms with van der Waals surface area (Å²) in [5.41, 5.74) is 2.62. The number of aromatic nitrogens is 4. The van der Waals surface area contributed by atoms with Gasteiger partial charge in [0.2, 0.25) is 11.9 Å². The smallest absolute Gasteiger partial charge is 0.227 e. The molecule has 10 nitrogen and oxygen atoms in total. The van der Waals surface area contributed by atoms with Crippen LogP contribution in [0, 0.1) is 11.7 Å². The Kier molecular flexibility index (Phi) is 8.34. The maximum atomic E-state index is 13.6. The Bertz CT molecular complexity index is 1340. The molecular formula is C26H27FN6O4S. The van der Waals surface area contributed by atoms with Crippen molar-refractivity contribution >= 4 is 23.2 Å². The molecule has 1 fully saturated rings. The van der Waals surface area contributed by atoms with E-state index in [4.69, 9.17) is 19.6 Å². The zero-order valence-electron chi connectivity index (χ0n) is 20.4. The summed E-state index contributed by atoms with van der Waals surface area (Å²) in [5, 5.41) is 16.8. The average Bonchev–Trinajstić information content (AvgIpc) is 3.62. The van der Waals surface area contributed by atoms with Crippen molar-refractivity contribution in [3.63, 3.8) is 0 Å². The van der Waals surface area contributed by atoms with Crippen LogP contribution in [0.15, 0.2) is 54.0 Å². The van der Waals surface area contributed by atoms with Crippen molar-refractivity contribution in [3.05, 3.63) is 70.6 Å². The number of carbonyl (C=O) groups is 1. The van der Waals surface area contributed by atoms with Gasteiger partial charge < -0.3 is 30.2 Å². The highest BCUT2D eigenvalue weighted by molar-refractivity contribution is 7.09. The van der Waals surface area contributed by atoms with Crippen molar-refractivity contribution < 1.29 is 23.8 Å². The molecule has 4 aromatic rings. The number of anilines is 1. The van der Waals surface area contributed by atoms with E-state index in [1.165, 1.54) is 12.1 Å². The van der Waals surface area contributed by atoms with Crippen LogP contribution in [0.4, 0.5) is 10.3 Å². The molecule has 38 heavy (non-hydrogen) atoms. The standard InChI is InChI=1S/C26H27FN6O4S/c27-18-5-3-16(4-6-18)23-24(20-7-8-29-26(31-20)30-13-19-2-1-11-38-19)33-21(32-23)12-22-36-14-17(15-37-22)25(35)28-9-10-34/h1-8,11,17,22,34H,9-10,12-15H2,(H,28,35)(H,32,33)(H,29,30,31). The maximum Gasteiger partial charge on any atom is 0.227 e. The molecule has 0 bridgehead atoms. The number of nitrogens with zero attached hydrogens (tertiary/aromatic N) is 3. The highest BCUT2D eigenvalue weighted by atomic mass is 32.1. The van der Waals surface area contributed by atoms with Gasteiger partial charge in [-0.25, -0.2) is 19.3 Å². The number of aliphatic hydroxyl groups is 1. The Labute approximate surface area is 222 Å². The van der Waals surface area contributed by atoms with Gasteiger partial charge in [-0.05, 0) is 41.8 Å².